The molecule has 0 saturated carbocycles. The van der Waals surface area contributed by atoms with E-state index in [1.807, 2.05) is 75.7 Å². The van der Waals surface area contributed by atoms with Gasteiger partial charge in [-0.15, -0.1) is 0 Å². The van der Waals surface area contributed by atoms with Crippen LogP contribution in [0, 0.1) is 5.92 Å². The van der Waals surface area contributed by atoms with Crippen molar-refractivity contribution >= 4 is 49.7 Å². The molecule has 20 heteroatoms. The molecule has 4 aromatic carbocycles. The molecule has 3 atom stereocenters. The standard InChI is InChI=1S/C15H14O.C12H18.C9H9F3O3S.3CH5NO2S/c1-2-12-7-6-10-14(11-12)15(16)13-8-4-3-5-9-13;1-4-11-5-7-12(8-6-11)9-10(2)3;1-2-7-3-5-8(6-4-7)15-16(13,14)9(10,11)12;3*1-2-5(3)4/h3-11H,2H2,1H3;5-8,10H,4,9H2,1-3H3;3-6H,2H2,1H3;3*2H,1H3,(H,3,4)/p-3. The molecule has 3 N–H and O–H groups in total. The number of hydrogen-bond acceptors (Lipinski definition) is 10. The molecule has 0 bridgehead atoms. The molecule has 13 nitrogen and oxygen atoms in total. The van der Waals surface area contributed by atoms with E-state index in [1.165, 1.54) is 68.5 Å². The van der Waals surface area contributed by atoms with Gasteiger partial charge in [-0.25, -0.2) is 0 Å². The van der Waals surface area contributed by atoms with Gasteiger partial charge < -0.3 is 17.8 Å². The number of carbonyl (C=O) groups excluding carboxylic acids is 1. The van der Waals surface area contributed by atoms with Gasteiger partial charge in [0.1, 0.15) is 5.75 Å². The lowest BCUT2D eigenvalue weighted by Gasteiger charge is -2.09. The monoisotopic (exact) mass is 908 g/mol. The molecule has 0 aromatic heterocycles. The minimum absolute atomic E-state index is 0.0934. The number of halogens is 3. The maximum atomic E-state index is 12.1. The van der Waals surface area contributed by atoms with E-state index in [2.05, 4.69) is 56.1 Å². The number of aryl methyl sites for hydroxylation is 3. The lowest BCUT2D eigenvalue weighted by Crippen LogP contribution is -2.28. The summed E-state index contributed by atoms with van der Waals surface area (Å²) in [5.41, 5.74) is 1.07. The van der Waals surface area contributed by atoms with Gasteiger partial charge in [-0.05, 0) is 93.2 Å². The van der Waals surface area contributed by atoms with Gasteiger partial charge in [0.25, 0.3) is 0 Å². The predicted molar refractivity (Wildman–Crippen MR) is 225 cm³/mol. The summed E-state index contributed by atoms with van der Waals surface area (Å²) in [5.74, 6) is 0.503. The number of hydrogen-bond donors (Lipinski definition) is 3. The summed E-state index contributed by atoms with van der Waals surface area (Å²) in [6.45, 7) is 10.7. The Hall–Kier alpha value is -3.70. The predicted octanol–water partition coefficient (Wildman–Crippen LogP) is 6.40. The van der Waals surface area contributed by atoms with Crippen molar-refractivity contribution in [2.24, 2.45) is 5.92 Å². The van der Waals surface area contributed by atoms with E-state index in [0.717, 1.165) is 35.4 Å². The van der Waals surface area contributed by atoms with Crippen molar-refractivity contribution in [2.75, 3.05) is 21.1 Å². The summed E-state index contributed by atoms with van der Waals surface area (Å²) in [6, 6.07) is 31.5. The van der Waals surface area contributed by atoms with E-state index in [0.29, 0.717) is 6.42 Å². The summed E-state index contributed by atoms with van der Waals surface area (Å²) in [7, 11) is -1.56. The molecule has 0 radical (unpaired) electrons. The van der Waals surface area contributed by atoms with Gasteiger partial charge in [-0.2, -0.15) is 21.6 Å². The average molecular weight is 909 g/mol. The van der Waals surface area contributed by atoms with Crippen LogP contribution in [0.4, 0.5) is 13.2 Å². The first kappa shape index (κ1) is 57.4. The molecule has 0 spiro atoms. The quantitative estimate of drug-likeness (QED) is 0.0615. The number of rotatable bonds is 12. The van der Waals surface area contributed by atoms with Gasteiger partial charge in [0.15, 0.2) is 5.78 Å². The Kier molecular flexibility index (Phi) is 31.2. The van der Waals surface area contributed by atoms with E-state index in [4.69, 9.17) is 0 Å². The molecule has 0 saturated heterocycles. The summed E-state index contributed by atoms with van der Waals surface area (Å²) in [5, 5.41) is 0. The number of benzene rings is 4. The first-order valence-corrected chi connectivity index (χ1v) is 22.4. The third-order valence-corrected chi connectivity index (χ3v) is 9.01. The second-order valence-electron chi connectivity index (χ2n) is 11.8. The average Bonchev–Trinajstić information content (AvgIpc) is 3.21. The van der Waals surface area contributed by atoms with Crippen LogP contribution in [-0.4, -0.2) is 67.1 Å². The number of nitrogens with one attached hydrogen (secondary N) is 3. The topological polar surface area (TPSA) is 217 Å². The number of alkyl halides is 3. The first-order valence-electron chi connectivity index (χ1n) is 17.8. The van der Waals surface area contributed by atoms with Crippen molar-refractivity contribution in [3.8, 4) is 5.75 Å². The minimum Gasteiger partial charge on any atom is -0.760 e. The fourth-order valence-corrected chi connectivity index (χ4v) is 4.48. The fourth-order valence-electron chi connectivity index (χ4n) is 4.03. The van der Waals surface area contributed by atoms with E-state index in [9.17, 15) is 52.7 Å². The Labute approximate surface area is 354 Å². The van der Waals surface area contributed by atoms with Crippen LogP contribution in [0.5, 0.6) is 5.75 Å². The Bertz CT molecular complexity index is 1890. The summed E-state index contributed by atoms with van der Waals surface area (Å²) in [4.78, 5) is 12.1. The Morgan fingerprint density at radius 2 is 1.00 bits per heavy atom. The summed E-state index contributed by atoms with van der Waals surface area (Å²) in [6.07, 6.45) is 3.99. The molecule has 0 aliphatic rings. The molecular weight excluding hydrogens is 856 g/mol. The zero-order chi connectivity index (χ0) is 45.6. The van der Waals surface area contributed by atoms with Crippen molar-refractivity contribution in [1.29, 1.82) is 0 Å². The van der Waals surface area contributed by atoms with Crippen LogP contribution >= 0.6 is 0 Å². The van der Waals surface area contributed by atoms with E-state index in [-0.39, 0.29) is 11.5 Å². The molecule has 4 aromatic rings. The Balaban J connectivity index is 0. The molecular formula is C39H53F3N3O10S4-3. The smallest absolute Gasteiger partial charge is 0.534 e. The summed E-state index contributed by atoms with van der Waals surface area (Å²) < 4.78 is 122. The zero-order valence-corrected chi connectivity index (χ0v) is 37.3. The van der Waals surface area contributed by atoms with Crippen LogP contribution in [0.3, 0.4) is 0 Å². The van der Waals surface area contributed by atoms with Gasteiger partial charge in [0.05, 0.1) is 0 Å². The fraction of sp³-hybridized carbons (Fsp3) is 0.359. The number of ketones is 1. The van der Waals surface area contributed by atoms with Crippen LogP contribution < -0.4 is 18.3 Å². The summed E-state index contributed by atoms with van der Waals surface area (Å²) >= 11 is -6.22. The third kappa shape index (κ3) is 28.4. The normalized spacial score (nSPS) is 12.1. The van der Waals surface area contributed by atoms with Crippen LogP contribution in [-0.2, 0) is 69.6 Å². The first-order chi connectivity index (χ1) is 27.6. The maximum absolute atomic E-state index is 12.1. The van der Waals surface area contributed by atoms with E-state index >= 15 is 0 Å². The van der Waals surface area contributed by atoms with Crippen molar-refractivity contribution in [3.05, 3.63) is 137 Å². The van der Waals surface area contributed by atoms with Crippen LogP contribution in [0.1, 0.15) is 72.8 Å². The van der Waals surface area contributed by atoms with Gasteiger partial charge in [0, 0.05) is 44.9 Å². The van der Waals surface area contributed by atoms with Gasteiger partial charge in [-0.3, -0.25) is 31.6 Å². The molecule has 59 heavy (non-hydrogen) atoms. The maximum Gasteiger partial charge on any atom is 0.534 e. The van der Waals surface area contributed by atoms with E-state index in [1.54, 1.807) is 0 Å². The highest BCUT2D eigenvalue weighted by atomic mass is 32.2. The molecule has 0 fully saturated rings. The van der Waals surface area contributed by atoms with Crippen LogP contribution in [0.2, 0.25) is 0 Å². The highest BCUT2D eigenvalue weighted by Gasteiger charge is 2.48. The minimum atomic E-state index is -5.57. The Morgan fingerprint density at radius 1 is 0.627 bits per heavy atom. The largest absolute Gasteiger partial charge is 0.760 e. The van der Waals surface area contributed by atoms with Crippen molar-refractivity contribution in [3.63, 3.8) is 0 Å². The third-order valence-electron chi connectivity index (χ3n) is 7.03. The van der Waals surface area contributed by atoms with Gasteiger partial charge in [-0.1, -0.05) is 120 Å². The van der Waals surface area contributed by atoms with E-state index < -0.39 is 49.4 Å². The van der Waals surface area contributed by atoms with Crippen molar-refractivity contribution in [2.45, 2.75) is 65.8 Å². The molecule has 3 unspecified atom stereocenters. The van der Waals surface area contributed by atoms with Crippen molar-refractivity contribution in [1.82, 2.24) is 14.2 Å². The molecule has 332 valence electrons. The van der Waals surface area contributed by atoms with Gasteiger partial charge >= 0.3 is 15.6 Å². The second-order valence-corrected chi connectivity index (χ2v) is 16.0. The molecule has 0 amide bonds. The SMILES string of the molecule is CCc1ccc(CC(C)C)cc1.CCc1ccc(OS(=O)(=O)C(F)(F)F)cc1.CCc1cccc(C(=O)c2ccccc2)c1.CNS(=O)[O-].CNS(=O)[O-].CNS(=O)[O-]. The van der Waals surface area contributed by atoms with Gasteiger partial charge in [0.2, 0.25) is 0 Å². The molecule has 0 aliphatic heterocycles. The molecule has 0 aliphatic carbocycles. The second kappa shape index (κ2) is 32.1. The highest BCUT2D eigenvalue weighted by molar-refractivity contribution is 7.88. The Morgan fingerprint density at radius 3 is 1.36 bits per heavy atom. The van der Waals surface area contributed by atoms with Crippen LogP contribution in [0.25, 0.3) is 0 Å². The van der Waals surface area contributed by atoms with Crippen LogP contribution in [0.15, 0.2) is 103 Å². The number of carbonyl (C=O) groups is 1. The highest BCUT2D eigenvalue weighted by Crippen LogP contribution is 2.27. The lowest BCUT2D eigenvalue weighted by atomic mass is 10.0. The lowest BCUT2D eigenvalue weighted by molar-refractivity contribution is -0.0500. The molecule has 4 rings (SSSR count). The zero-order valence-electron chi connectivity index (χ0n) is 34.1. The van der Waals surface area contributed by atoms with Crippen molar-refractivity contribution < 1.29 is 56.9 Å². The molecule has 0 heterocycles.